The molecule has 1 aromatic carbocycles. The number of aryl methyl sites for hydroxylation is 1. The summed E-state index contributed by atoms with van der Waals surface area (Å²) >= 11 is 3.47. The molecule has 6 heteroatoms. The molecule has 0 saturated heterocycles. The lowest BCUT2D eigenvalue weighted by Crippen LogP contribution is -2.27. The highest BCUT2D eigenvalue weighted by molar-refractivity contribution is 14.1. The lowest BCUT2D eigenvalue weighted by Gasteiger charge is -2.12. The first-order valence-electron chi connectivity index (χ1n) is 5.65. The summed E-state index contributed by atoms with van der Waals surface area (Å²) in [5.41, 5.74) is 1.42. The van der Waals surface area contributed by atoms with Crippen LogP contribution in [0.3, 0.4) is 0 Å². The summed E-state index contributed by atoms with van der Waals surface area (Å²) in [5.74, 6) is -0.561. The van der Waals surface area contributed by atoms with Crippen molar-refractivity contribution < 1.29 is 9.18 Å². The van der Waals surface area contributed by atoms with Crippen molar-refractivity contribution in [2.75, 3.05) is 0 Å². The fraction of sp³-hybridized carbons (Fsp3) is 0.231. The van der Waals surface area contributed by atoms with Gasteiger partial charge in [-0.25, -0.2) is 9.37 Å². The molecule has 1 aromatic heterocycles. The van der Waals surface area contributed by atoms with E-state index in [0.29, 0.717) is 9.13 Å². The molecule has 1 atom stereocenters. The second-order valence-corrected chi connectivity index (χ2v) is 6.20. The normalized spacial score (nSPS) is 12.2. The van der Waals surface area contributed by atoms with E-state index in [2.05, 4.69) is 10.3 Å². The molecule has 1 N–H and O–H groups in total. The van der Waals surface area contributed by atoms with Crippen LogP contribution in [0.2, 0.25) is 0 Å². The summed E-state index contributed by atoms with van der Waals surface area (Å²) in [6, 6.07) is 3.96. The summed E-state index contributed by atoms with van der Waals surface area (Å²) in [4.78, 5) is 16.4. The number of nitrogens with one attached hydrogen (secondary N) is 1. The predicted octanol–water partition coefficient (Wildman–Crippen LogP) is 3.69. The van der Waals surface area contributed by atoms with Crippen LogP contribution >= 0.6 is 33.9 Å². The zero-order chi connectivity index (χ0) is 14.0. The molecule has 0 radical (unpaired) electrons. The second kappa shape index (κ2) is 5.96. The molecular weight excluding hydrogens is 378 g/mol. The fourth-order valence-electron chi connectivity index (χ4n) is 1.58. The van der Waals surface area contributed by atoms with E-state index in [0.717, 1.165) is 10.7 Å². The number of carbonyl (C=O) groups is 1. The molecule has 2 rings (SSSR count). The van der Waals surface area contributed by atoms with Crippen LogP contribution < -0.4 is 5.32 Å². The molecule has 0 aliphatic rings. The molecule has 1 unspecified atom stereocenters. The van der Waals surface area contributed by atoms with Crippen LogP contribution in [-0.2, 0) is 0 Å². The number of rotatable bonds is 3. The van der Waals surface area contributed by atoms with Gasteiger partial charge in [0.15, 0.2) is 0 Å². The number of aromatic nitrogens is 1. The first kappa shape index (κ1) is 14.4. The van der Waals surface area contributed by atoms with Crippen LogP contribution in [0.25, 0.3) is 0 Å². The van der Waals surface area contributed by atoms with Crippen molar-refractivity contribution in [3.63, 3.8) is 0 Å². The van der Waals surface area contributed by atoms with Gasteiger partial charge in [0.25, 0.3) is 5.91 Å². The van der Waals surface area contributed by atoms with Crippen LogP contribution in [0.15, 0.2) is 23.6 Å². The van der Waals surface area contributed by atoms with Gasteiger partial charge >= 0.3 is 0 Å². The zero-order valence-corrected chi connectivity index (χ0v) is 13.4. The smallest absolute Gasteiger partial charge is 0.252 e. The predicted molar refractivity (Wildman–Crippen MR) is 81.8 cm³/mol. The number of thiazole rings is 1. The van der Waals surface area contributed by atoms with Crippen molar-refractivity contribution in [3.05, 3.63) is 49.2 Å². The Balaban J connectivity index is 2.12. The summed E-state index contributed by atoms with van der Waals surface area (Å²) in [5, 5.41) is 5.68. The summed E-state index contributed by atoms with van der Waals surface area (Å²) in [7, 11) is 0. The van der Waals surface area contributed by atoms with Gasteiger partial charge in [0.1, 0.15) is 10.8 Å². The van der Waals surface area contributed by atoms with E-state index >= 15 is 0 Å². The molecule has 0 saturated carbocycles. The van der Waals surface area contributed by atoms with Gasteiger partial charge in [0.05, 0.1) is 11.6 Å². The summed E-state index contributed by atoms with van der Waals surface area (Å²) < 4.78 is 13.6. The molecule has 3 nitrogen and oxygen atoms in total. The molecule has 1 amide bonds. The maximum Gasteiger partial charge on any atom is 0.252 e. The van der Waals surface area contributed by atoms with Crippen LogP contribution in [-0.4, -0.2) is 10.9 Å². The second-order valence-electron chi connectivity index (χ2n) is 4.15. The maximum absolute atomic E-state index is 13.0. The van der Waals surface area contributed by atoms with Crippen LogP contribution in [0, 0.1) is 16.3 Å². The number of hydrogen-bond donors (Lipinski definition) is 1. The number of benzene rings is 1. The minimum absolute atomic E-state index is 0.160. The van der Waals surface area contributed by atoms with Crippen LogP contribution in [0.4, 0.5) is 4.39 Å². The minimum Gasteiger partial charge on any atom is -0.343 e. The van der Waals surface area contributed by atoms with Crippen LogP contribution in [0.5, 0.6) is 0 Å². The van der Waals surface area contributed by atoms with Crippen molar-refractivity contribution in [3.8, 4) is 0 Å². The lowest BCUT2D eigenvalue weighted by atomic mass is 10.2. The Morgan fingerprint density at radius 2 is 2.26 bits per heavy atom. The summed E-state index contributed by atoms with van der Waals surface area (Å²) in [6.45, 7) is 3.80. The van der Waals surface area contributed by atoms with E-state index < -0.39 is 0 Å². The largest absolute Gasteiger partial charge is 0.343 e. The highest BCUT2D eigenvalue weighted by Crippen LogP contribution is 2.19. The fourth-order valence-corrected chi connectivity index (χ4v) is 3.11. The van der Waals surface area contributed by atoms with E-state index in [1.165, 1.54) is 29.5 Å². The molecule has 2 aromatic rings. The average molecular weight is 390 g/mol. The third kappa shape index (κ3) is 3.50. The molecule has 100 valence electrons. The van der Waals surface area contributed by atoms with Gasteiger partial charge in [-0.3, -0.25) is 4.79 Å². The average Bonchev–Trinajstić information content (AvgIpc) is 2.75. The van der Waals surface area contributed by atoms with Crippen molar-refractivity contribution in [2.24, 2.45) is 0 Å². The highest BCUT2D eigenvalue weighted by atomic mass is 127. The maximum atomic E-state index is 13.0. The molecule has 0 fully saturated rings. The standard InChI is InChI=1S/C13H12FIN2OS/c1-7-6-19-13(16-7)8(2)17-12(18)10-4-3-9(14)5-11(10)15/h3-6,8H,1-2H3,(H,17,18). The molecule has 0 bridgehead atoms. The van der Waals surface area contributed by atoms with E-state index in [1.807, 2.05) is 41.8 Å². The van der Waals surface area contributed by atoms with Gasteiger partial charge in [-0.15, -0.1) is 11.3 Å². The Bertz CT molecular complexity index is 614. The van der Waals surface area contributed by atoms with Gasteiger partial charge in [0, 0.05) is 14.6 Å². The Morgan fingerprint density at radius 1 is 1.53 bits per heavy atom. The Hall–Kier alpha value is -1.02. The van der Waals surface area contributed by atoms with E-state index in [1.54, 1.807) is 0 Å². The molecule has 0 aliphatic carbocycles. The van der Waals surface area contributed by atoms with Crippen molar-refractivity contribution >= 4 is 39.8 Å². The molecule has 19 heavy (non-hydrogen) atoms. The van der Waals surface area contributed by atoms with Crippen molar-refractivity contribution in [2.45, 2.75) is 19.9 Å². The molecule has 1 heterocycles. The number of hydrogen-bond acceptors (Lipinski definition) is 3. The van der Waals surface area contributed by atoms with Crippen LogP contribution in [0.1, 0.15) is 34.0 Å². The Labute approximate surface area is 128 Å². The molecular formula is C13H12FIN2OS. The first-order chi connectivity index (χ1) is 8.97. The SMILES string of the molecule is Cc1csc(C(C)NC(=O)c2ccc(F)cc2I)n1. The van der Waals surface area contributed by atoms with Gasteiger partial charge in [-0.05, 0) is 54.6 Å². The molecule has 0 spiro atoms. The molecule has 0 aliphatic heterocycles. The number of halogens is 2. The monoisotopic (exact) mass is 390 g/mol. The Morgan fingerprint density at radius 3 is 2.84 bits per heavy atom. The third-order valence-corrected chi connectivity index (χ3v) is 4.57. The lowest BCUT2D eigenvalue weighted by molar-refractivity contribution is 0.0939. The van der Waals surface area contributed by atoms with Crippen molar-refractivity contribution in [1.82, 2.24) is 10.3 Å². The number of carbonyl (C=O) groups excluding carboxylic acids is 1. The van der Waals surface area contributed by atoms with E-state index in [9.17, 15) is 9.18 Å². The third-order valence-electron chi connectivity index (χ3n) is 2.53. The van der Waals surface area contributed by atoms with Gasteiger partial charge in [-0.1, -0.05) is 0 Å². The topological polar surface area (TPSA) is 42.0 Å². The van der Waals surface area contributed by atoms with E-state index in [-0.39, 0.29) is 17.8 Å². The summed E-state index contributed by atoms with van der Waals surface area (Å²) in [6.07, 6.45) is 0. The minimum atomic E-state index is -0.343. The number of nitrogens with zero attached hydrogens (tertiary/aromatic N) is 1. The van der Waals surface area contributed by atoms with Crippen molar-refractivity contribution in [1.29, 1.82) is 0 Å². The highest BCUT2D eigenvalue weighted by Gasteiger charge is 2.16. The number of amides is 1. The van der Waals surface area contributed by atoms with Gasteiger partial charge in [-0.2, -0.15) is 0 Å². The first-order valence-corrected chi connectivity index (χ1v) is 7.61. The zero-order valence-electron chi connectivity index (χ0n) is 10.4. The van der Waals surface area contributed by atoms with Gasteiger partial charge in [0.2, 0.25) is 0 Å². The van der Waals surface area contributed by atoms with E-state index in [4.69, 9.17) is 0 Å². The van der Waals surface area contributed by atoms with Gasteiger partial charge < -0.3 is 5.32 Å². The Kier molecular flexibility index (Phi) is 4.51. The quantitative estimate of drug-likeness (QED) is 0.813.